The second-order valence-corrected chi connectivity index (χ2v) is 6.42. The summed E-state index contributed by atoms with van der Waals surface area (Å²) in [5, 5.41) is 0.509. The molecule has 2 heteroatoms. The summed E-state index contributed by atoms with van der Waals surface area (Å²) in [7, 11) is 2.33. The van der Waals surface area contributed by atoms with Crippen LogP contribution in [0.3, 0.4) is 0 Å². The molecule has 0 aliphatic rings. The summed E-state index contributed by atoms with van der Waals surface area (Å²) in [6.07, 6.45) is 7.81. The summed E-state index contributed by atoms with van der Waals surface area (Å²) in [6, 6.07) is 0. The molecule has 0 N–H and O–H groups in total. The molecule has 0 aromatic carbocycles. The average Bonchev–Trinajstić information content (AvgIpc) is 2.16. The van der Waals surface area contributed by atoms with Gasteiger partial charge in [0.25, 0.3) is 0 Å². The molecule has 0 aliphatic heterocycles. The first kappa shape index (κ1) is 16.4. The second kappa shape index (κ2) is 8.45. The van der Waals surface area contributed by atoms with E-state index in [1.54, 1.807) is 0 Å². The highest BCUT2D eigenvalue weighted by molar-refractivity contribution is 6.55. The van der Waals surface area contributed by atoms with Crippen LogP contribution in [0.25, 0.3) is 0 Å². The van der Waals surface area contributed by atoms with Gasteiger partial charge in [-0.25, -0.2) is 0 Å². The summed E-state index contributed by atoms with van der Waals surface area (Å²) in [5.41, 5.74) is 0. The number of hydrogen-bond donors (Lipinski definition) is 0. The molecule has 0 saturated heterocycles. The zero-order valence-electron chi connectivity index (χ0n) is 11.9. The Morgan fingerprint density at radius 1 is 1.06 bits per heavy atom. The van der Waals surface area contributed by atoms with Crippen molar-refractivity contribution in [1.29, 1.82) is 0 Å². The first-order valence-electron chi connectivity index (χ1n) is 6.90. The van der Waals surface area contributed by atoms with E-state index in [1.807, 2.05) is 0 Å². The Kier molecular flexibility index (Phi) is 8.63. The number of rotatable bonds is 9. The number of hydrogen-bond acceptors (Lipinski definition) is 0. The molecule has 0 aliphatic carbocycles. The molecular weight excluding hydrogens is 214 g/mol. The van der Waals surface area contributed by atoms with Crippen molar-refractivity contribution in [3.63, 3.8) is 0 Å². The molecule has 0 aromatic rings. The first-order valence-corrected chi connectivity index (χ1v) is 7.34. The molecule has 0 bridgehead atoms. The summed E-state index contributed by atoms with van der Waals surface area (Å²) in [6.45, 7) is 11.3. The molecule has 0 fully saturated rings. The van der Waals surface area contributed by atoms with Gasteiger partial charge in [-0.15, -0.1) is 11.6 Å². The molecule has 1 unspecified atom stereocenters. The van der Waals surface area contributed by atoms with Crippen LogP contribution in [0.1, 0.15) is 73.1 Å². The normalized spacial score (nSPS) is 14.2. The van der Waals surface area contributed by atoms with E-state index in [0.717, 1.165) is 6.42 Å². The summed E-state index contributed by atoms with van der Waals surface area (Å²) >= 11 is 6.37. The topological polar surface area (TPSA) is 0 Å². The molecular formula is C14H29BCl. The van der Waals surface area contributed by atoms with Gasteiger partial charge in [-0.3, -0.25) is 0 Å². The molecule has 16 heavy (non-hydrogen) atoms. The van der Waals surface area contributed by atoms with Crippen LogP contribution in [0, 0.1) is 5.92 Å². The fourth-order valence-corrected chi connectivity index (χ4v) is 2.16. The minimum Gasteiger partial charge on any atom is -0.133 e. The minimum atomic E-state index is 0.249. The average molecular weight is 244 g/mol. The molecule has 0 amide bonds. The van der Waals surface area contributed by atoms with Gasteiger partial charge in [0.1, 0.15) is 7.28 Å². The van der Waals surface area contributed by atoms with Crippen molar-refractivity contribution >= 4 is 18.9 Å². The van der Waals surface area contributed by atoms with E-state index in [4.69, 9.17) is 11.6 Å². The Bertz CT molecular complexity index is 166. The molecule has 1 radical (unpaired) electrons. The lowest BCUT2D eigenvalue weighted by atomic mass is 9.47. The fourth-order valence-electron chi connectivity index (χ4n) is 1.68. The summed E-state index contributed by atoms with van der Waals surface area (Å²) < 4.78 is 0. The molecule has 95 valence electrons. The van der Waals surface area contributed by atoms with Crippen molar-refractivity contribution in [2.24, 2.45) is 5.92 Å². The second-order valence-electron chi connectivity index (χ2n) is 5.86. The number of halogens is 1. The Hall–Kier alpha value is 0.355. The highest BCUT2D eigenvalue weighted by atomic mass is 35.5. The Morgan fingerprint density at radius 3 is 2.12 bits per heavy atom. The van der Waals surface area contributed by atoms with Crippen molar-refractivity contribution in [3.05, 3.63) is 0 Å². The van der Waals surface area contributed by atoms with Crippen LogP contribution < -0.4 is 0 Å². The lowest BCUT2D eigenvalue weighted by Crippen LogP contribution is -2.27. The number of alkyl halides is 1. The predicted molar refractivity (Wildman–Crippen MR) is 77.7 cm³/mol. The number of unbranched alkanes of at least 4 members (excludes halogenated alkanes) is 4. The van der Waals surface area contributed by atoms with Crippen molar-refractivity contribution in [2.45, 2.75) is 83.7 Å². The largest absolute Gasteiger partial charge is 0.141 e. The van der Waals surface area contributed by atoms with Gasteiger partial charge in [-0.2, -0.15) is 0 Å². The van der Waals surface area contributed by atoms with Crippen molar-refractivity contribution < 1.29 is 0 Å². The Balaban J connectivity index is 3.62. The van der Waals surface area contributed by atoms with Crippen LogP contribution in [0.2, 0.25) is 5.31 Å². The molecule has 0 aromatic heterocycles. The van der Waals surface area contributed by atoms with E-state index in [1.165, 1.54) is 32.1 Å². The van der Waals surface area contributed by atoms with Gasteiger partial charge < -0.3 is 0 Å². The van der Waals surface area contributed by atoms with E-state index in [-0.39, 0.29) is 10.6 Å². The van der Waals surface area contributed by atoms with Crippen LogP contribution in [-0.2, 0) is 0 Å². The third kappa shape index (κ3) is 7.60. The van der Waals surface area contributed by atoms with Crippen LogP contribution in [-0.4, -0.2) is 12.6 Å². The predicted octanol–water partition coefficient (Wildman–Crippen LogP) is 5.47. The van der Waals surface area contributed by atoms with Gasteiger partial charge in [0, 0.05) is 5.28 Å². The van der Waals surface area contributed by atoms with E-state index >= 15 is 0 Å². The molecule has 1 atom stereocenters. The fraction of sp³-hybridized carbons (Fsp3) is 1.00. The van der Waals surface area contributed by atoms with Crippen molar-refractivity contribution in [1.82, 2.24) is 0 Å². The lowest BCUT2D eigenvalue weighted by Gasteiger charge is -2.30. The van der Waals surface area contributed by atoms with Crippen LogP contribution in [0.5, 0.6) is 0 Å². The zero-order valence-corrected chi connectivity index (χ0v) is 12.6. The minimum absolute atomic E-state index is 0.249. The van der Waals surface area contributed by atoms with E-state index < -0.39 is 0 Å². The quantitative estimate of drug-likeness (QED) is 0.286. The highest BCUT2D eigenvalue weighted by Crippen LogP contribution is 2.35. The maximum Gasteiger partial charge on any atom is 0.141 e. The van der Waals surface area contributed by atoms with Crippen molar-refractivity contribution in [3.8, 4) is 0 Å². The Morgan fingerprint density at radius 2 is 1.62 bits per heavy atom. The van der Waals surface area contributed by atoms with Gasteiger partial charge in [0.2, 0.25) is 0 Å². The monoisotopic (exact) mass is 243 g/mol. The van der Waals surface area contributed by atoms with Gasteiger partial charge in [-0.1, -0.05) is 72.0 Å². The molecule has 0 nitrogen and oxygen atoms in total. The van der Waals surface area contributed by atoms with E-state index in [0.29, 0.717) is 5.92 Å². The van der Waals surface area contributed by atoms with Crippen LogP contribution >= 0.6 is 11.6 Å². The maximum absolute atomic E-state index is 6.37. The van der Waals surface area contributed by atoms with Gasteiger partial charge >= 0.3 is 0 Å². The standard InChI is InChI=1S/C14H29BCl/c1-6-7-8-9-10-11-13(16)15-14(4,5)12(2)3/h12-13H,6-11H2,1-5H3. The molecule has 0 rings (SSSR count). The lowest BCUT2D eigenvalue weighted by molar-refractivity contribution is 0.470. The van der Waals surface area contributed by atoms with Crippen LogP contribution in [0.4, 0.5) is 0 Å². The Labute approximate surface area is 109 Å². The van der Waals surface area contributed by atoms with E-state index in [2.05, 4.69) is 41.9 Å². The molecule has 0 saturated carbocycles. The maximum atomic E-state index is 6.37. The third-order valence-corrected chi connectivity index (χ3v) is 4.03. The first-order chi connectivity index (χ1) is 7.40. The van der Waals surface area contributed by atoms with Crippen LogP contribution in [0.15, 0.2) is 0 Å². The third-order valence-electron chi connectivity index (χ3n) is 3.68. The SMILES string of the molecule is CCCCCCCC(Cl)[B]C(C)(C)C(C)C. The van der Waals surface area contributed by atoms with Gasteiger partial charge in [-0.05, 0) is 12.3 Å². The summed E-state index contributed by atoms with van der Waals surface area (Å²) in [5.74, 6) is 0.661. The van der Waals surface area contributed by atoms with Crippen molar-refractivity contribution in [2.75, 3.05) is 0 Å². The molecule has 0 spiro atoms. The highest BCUT2D eigenvalue weighted by Gasteiger charge is 2.26. The zero-order chi connectivity index (χ0) is 12.6. The molecule has 0 heterocycles. The van der Waals surface area contributed by atoms with E-state index in [9.17, 15) is 0 Å². The van der Waals surface area contributed by atoms with Gasteiger partial charge in [0.15, 0.2) is 0 Å². The smallest absolute Gasteiger partial charge is 0.133 e. The van der Waals surface area contributed by atoms with Gasteiger partial charge in [0.05, 0.1) is 0 Å². The summed E-state index contributed by atoms with van der Waals surface area (Å²) in [4.78, 5) is 0.